The molecule has 1 atom stereocenters. The van der Waals surface area contributed by atoms with Crippen LogP contribution in [0.25, 0.3) is 0 Å². The number of benzene rings is 2. The van der Waals surface area contributed by atoms with Crippen LogP contribution in [-0.2, 0) is 28.4 Å². The van der Waals surface area contributed by atoms with Crippen molar-refractivity contribution in [2.45, 2.75) is 37.9 Å². The summed E-state index contributed by atoms with van der Waals surface area (Å²) < 4.78 is 103. The topological polar surface area (TPSA) is 85.8 Å². The molecular formula is C24H27F5N4O4S2. The highest BCUT2D eigenvalue weighted by atomic mass is 32.2. The van der Waals surface area contributed by atoms with Crippen molar-refractivity contribution in [2.75, 3.05) is 38.1 Å². The summed E-state index contributed by atoms with van der Waals surface area (Å²) in [6.45, 7) is 7.36. The van der Waals surface area contributed by atoms with Crippen molar-refractivity contribution in [1.29, 1.82) is 0 Å². The number of methoxy groups -OCH3 is 1. The summed E-state index contributed by atoms with van der Waals surface area (Å²) in [6, 6.07) is 3.68. The van der Waals surface area contributed by atoms with Gasteiger partial charge in [-0.25, -0.2) is 18.0 Å². The number of ether oxygens (including phenoxy) is 3. The molecule has 1 aromatic heterocycles. The second-order valence-corrected chi connectivity index (χ2v) is 10.1. The molecule has 214 valence electrons. The number of aromatic nitrogens is 2. The minimum atomic E-state index is -4.71. The average Bonchev–Trinajstić information content (AvgIpc) is 3.32. The van der Waals surface area contributed by atoms with Crippen molar-refractivity contribution in [2.24, 2.45) is 0 Å². The maximum atomic E-state index is 14.7. The number of nitrogens with one attached hydrogen (secondary N) is 1. The fourth-order valence-electron chi connectivity index (χ4n) is 3.22. The summed E-state index contributed by atoms with van der Waals surface area (Å²) in [5.41, 5.74) is -1.09. The molecule has 3 aromatic rings. The Morgan fingerprint density at radius 3 is 2.38 bits per heavy atom. The minimum absolute atomic E-state index is 0.146. The summed E-state index contributed by atoms with van der Waals surface area (Å²) in [4.78, 5) is 5.76. The lowest BCUT2D eigenvalue weighted by Crippen LogP contribution is -2.35. The molecule has 0 spiro atoms. The molecule has 1 saturated heterocycles. The van der Waals surface area contributed by atoms with Crippen LogP contribution in [0.1, 0.15) is 31.7 Å². The zero-order valence-electron chi connectivity index (χ0n) is 21.3. The zero-order valence-corrected chi connectivity index (χ0v) is 22.9. The molecule has 0 radical (unpaired) electrons. The number of rotatable bonds is 8. The van der Waals surface area contributed by atoms with Gasteiger partial charge in [0.1, 0.15) is 17.3 Å². The lowest BCUT2D eigenvalue weighted by molar-refractivity contribution is -0.137. The van der Waals surface area contributed by atoms with E-state index in [4.69, 9.17) is 14.2 Å². The van der Waals surface area contributed by atoms with Crippen molar-refractivity contribution in [1.82, 2.24) is 14.3 Å². The summed E-state index contributed by atoms with van der Waals surface area (Å²) in [5.74, 6) is -3.06. The van der Waals surface area contributed by atoms with Crippen molar-refractivity contribution in [3.05, 3.63) is 53.4 Å². The Bertz CT molecular complexity index is 1270. The number of halogens is 5. The third-order valence-corrected chi connectivity index (χ3v) is 6.86. The van der Waals surface area contributed by atoms with Gasteiger partial charge in [-0.1, -0.05) is 20.3 Å². The van der Waals surface area contributed by atoms with E-state index in [0.717, 1.165) is 43.9 Å². The minimum Gasteiger partial charge on any atom is -0.497 e. The lowest BCUT2D eigenvalue weighted by Gasteiger charge is -2.25. The van der Waals surface area contributed by atoms with Gasteiger partial charge in [0.25, 0.3) is 0 Å². The Kier molecular flexibility index (Phi) is 11.0. The van der Waals surface area contributed by atoms with E-state index in [2.05, 4.69) is 32.8 Å². The SMILES string of the molecule is CCC.COc1cc(Oc2cc(F)c(S(=O)Nc3nc(CN4CCOCC4)ns3)cc2F)cc(C(F)(F)F)c1. The molecule has 0 aliphatic carbocycles. The van der Waals surface area contributed by atoms with Gasteiger partial charge in [-0.2, -0.15) is 17.5 Å². The van der Waals surface area contributed by atoms with Gasteiger partial charge in [0.2, 0.25) is 5.13 Å². The van der Waals surface area contributed by atoms with Gasteiger partial charge in [-0.05, 0) is 18.2 Å². The van der Waals surface area contributed by atoms with E-state index in [1.54, 1.807) is 0 Å². The van der Waals surface area contributed by atoms with Crippen LogP contribution >= 0.6 is 11.5 Å². The van der Waals surface area contributed by atoms with Gasteiger partial charge in [0.15, 0.2) is 28.4 Å². The molecule has 4 rings (SSSR count). The third-order valence-electron chi connectivity index (χ3n) is 4.97. The van der Waals surface area contributed by atoms with E-state index in [1.165, 1.54) is 6.42 Å². The molecule has 39 heavy (non-hydrogen) atoms. The monoisotopic (exact) mass is 594 g/mol. The Morgan fingerprint density at radius 1 is 1.08 bits per heavy atom. The second-order valence-electron chi connectivity index (χ2n) is 8.19. The van der Waals surface area contributed by atoms with Crippen LogP contribution in [0.4, 0.5) is 27.1 Å². The Balaban J connectivity index is 0.00000134. The van der Waals surface area contributed by atoms with Gasteiger partial charge >= 0.3 is 6.18 Å². The lowest BCUT2D eigenvalue weighted by atomic mass is 10.2. The molecular weight excluding hydrogens is 567 g/mol. The van der Waals surface area contributed by atoms with Crippen LogP contribution in [-0.4, -0.2) is 51.9 Å². The first kappa shape index (κ1) is 30.7. The molecule has 1 unspecified atom stereocenters. The Labute approximate surface area is 228 Å². The van der Waals surface area contributed by atoms with E-state index >= 15 is 0 Å². The number of hydrogen-bond donors (Lipinski definition) is 1. The number of nitrogens with zero attached hydrogens (tertiary/aromatic N) is 3. The molecule has 15 heteroatoms. The smallest absolute Gasteiger partial charge is 0.416 e. The van der Waals surface area contributed by atoms with E-state index in [1.807, 2.05) is 0 Å². The molecule has 1 N–H and O–H groups in total. The first-order valence-corrected chi connectivity index (χ1v) is 13.7. The quantitative estimate of drug-likeness (QED) is 0.319. The molecule has 0 bridgehead atoms. The summed E-state index contributed by atoms with van der Waals surface area (Å²) in [5, 5.41) is 0.146. The van der Waals surface area contributed by atoms with Crippen LogP contribution in [0.3, 0.4) is 0 Å². The van der Waals surface area contributed by atoms with E-state index in [-0.39, 0.29) is 10.9 Å². The predicted octanol–water partition coefficient (Wildman–Crippen LogP) is 6.02. The molecule has 0 saturated carbocycles. The van der Waals surface area contributed by atoms with E-state index < -0.39 is 50.8 Å². The Hall–Kier alpha value is -2.88. The highest BCUT2D eigenvalue weighted by Gasteiger charge is 2.32. The number of anilines is 1. The van der Waals surface area contributed by atoms with Crippen LogP contribution in [0.5, 0.6) is 17.2 Å². The van der Waals surface area contributed by atoms with E-state index in [9.17, 15) is 26.2 Å². The number of morpholine rings is 1. The molecule has 1 aliphatic rings. The van der Waals surface area contributed by atoms with Gasteiger partial charge in [-0.3, -0.25) is 9.62 Å². The highest BCUT2D eigenvalue weighted by molar-refractivity contribution is 7.86. The fraction of sp³-hybridized carbons (Fsp3) is 0.417. The number of hydrogen-bond acceptors (Lipinski definition) is 8. The zero-order chi connectivity index (χ0) is 28.6. The van der Waals surface area contributed by atoms with Crippen molar-refractivity contribution >= 4 is 27.6 Å². The van der Waals surface area contributed by atoms with Gasteiger partial charge in [-0.15, -0.1) is 0 Å². The van der Waals surface area contributed by atoms with Crippen molar-refractivity contribution < 1.29 is 40.4 Å². The predicted molar refractivity (Wildman–Crippen MR) is 136 cm³/mol. The standard InChI is InChI=1S/C21H19F5N4O4S2.C3H8/c1-32-13-6-12(21(24,25)26)7-14(8-13)34-17-9-16(23)18(10-15(17)22)36(31)29-20-27-19(28-35-20)11-30-2-4-33-5-3-30;1-3-2/h6-10H,2-5,11H2,1H3,(H,27,28,29);3H2,1-2H3. The molecule has 1 fully saturated rings. The first-order valence-electron chi connectivity index (χ1n) is 11.8. The molecule has 8 nitrogen and oxygen atoms in total. The second kappa shape index (κ2) is 14.0. The summed E-state index contributed by atoms with van der Waals surface area (Å²) >= 11 is 0.915. The molecule has 2 aromatic carbocycles. The largest absolute Gasteiger partial charge is 0.497 e. The summed E-state index contributed by atoms with van der Waals surface area (Å²) in [7, 11) is -1.09. The molecule has 1 aliphatic heterocycles. The van der Waals surface area contributed by atoms with Crippen molar-refractivity contribution in [3.8, 4) is 17.2 Å². The molecule has 2 heterocycles. The van der Waals surface area contributed by atoms with Crippen LogP contribution in [0.2, 0.25) is 0 Å². The first-order chi connectivity index (χ1) is 18.5. The average molecular weight is 595 g/mol. The van der Waals surface area contributed by atoms with E-state index in [0.29, 0.717) is 43.8 Å². The van der Waals surface area contributed by atoms with Crippen LogP contribution < -0.4 is 14.2 Å². The third kappa shape index (κ3) is 8.81. The maximum absolute atomic E-state index is 14.7. The maximum Gasteiger partial charge on any atom is 0.416 e. The van der Waals surface area contributed by atoms with Gasteiger partial charge in [0.05, 0.1) is 37.3 Å². The van der Waals surface area contributed by atoms with Gasteiger partial charge < -0.3 is 14.2 Å². The van der Waals surface area contributed by atoms with Crippen molar-refractivity contribution in [3.63, 3.8) is 0 Å². The van der Waals surface area contributed by atoms with Crippen LogP contribution in [0.15, 0.2) is 35.2 Å². The summed E-state index contributed by atoms with van der Waals surface area (Å²) in [6.07, 6.45) is -3.46. The van der Waals surface area contributed by atoms with Gasteiger partial charge in [0, 0.05) is 36.8 Å². The highest BCUT2D eigenvalue weighted by Crippen LogP contribution is 2.37. The normalized spacial score (nSPS) is 14.8. The Morgan fingerprint density at radius 2 is 1.74 bits per heavy atom. The fourth-order valence-corrected chi connectivity index (χ4v) is 4.80. The van der Waals surface area contributed by atoms with Crippen LogP contribution in [0, 0.1) is 11.6 Å². The number of alkyl halides is 3. The molecule has 0 amide bonds.